The number of amides is 2. The van der Waals surface area contributed by atoms with E-state index >= 15 is 0 Å². The van der Waals surface area contributed by atoms with Crippen LogP contribution in [0.5, 0.6) is 5.75 Å². The van der Waals surface area contributed by atoms with Crippen LogP contribution in [0.25, 0.3) is 16.9 Å². The maximum absolute atomic E-state index is 13.0. The van der Waals surface area contributed by atoms with Gasteiger partial charge in [-0.1, -0.05) is 6.07 Å². The highest BCUT2D eigenvalue weighted by atomic mass is 16.5. The van der Waals surface area contributed by atoms with Crippen LogP contribution < -0.4 is 10.1 Å². The summed E-state index contributed by atoms with van der Waals surface area (Å²) in [6.45, 7) is 6.62. The SMILES string of the molecule is COc1ccc(-c2cn(-c3ccc(C)c(C)c3)c(NC(=O)CN(CC3CCCO3)C(C)=O)n2)cc1. The molecule has 2 heterocycles. The van der Waals surface area contributed by atoms with Gasteiger partial charge in [-0.05, 0) is 74.2 Å². The van der Waals surface area contributed by atoms with Gasteiger partial charge < -0.3 is 14.4 Å². The van der Waals surface area contributed by atoms with Crippen molar-refractivity contribution in [2.75, 3.05) is 32.1 Å². The molecule has 1 aliphatic heterocycles. The first-order valence-electron chi connectivity index (χ1n) is 11.8. The largest absolute Gasteiger partial charge is 0.497 e. The molecule has 2 amide bonds. The number of rotatable bonds is 8. The molecule has 1 aliphatic rings. The Kier molecular flexibility index (Phi) is 7.51. The number of nitrogens with one attached hydrogen (secondary N) is 1. The zero-order chi connectivity index (χ0) is 24.9. The predicted molar refractivity (Wildman–Crippen MR) is 135 cm³/mol. The van der Waals surface area contributed by atoms with Crippen LogP contribution in [0.15, 0.2) is 48.7 Å². The molecule has 8 nitrogen and oxygen atoms in total. The minimum absolute atomic E-state index is 0.0223. The average Bonchev–Trinajstić information content (AvgIpc) is 3.50. The van der Waals surface area contributed by atoms with Crippen LogP contribution in [0.3, 0.4) is 0 Å². The van der Waals surface area contributed by atoms with Crippen molar-refractivity contribution in [3.63, 3.8) is 0 Å². The highest BCUT2D eigenvalue weighted by Crippen LogP contribution is 2.27. The van der Waals surface area contributed by atoms with Crippen LogP contribution in [-0.4, -0.2) is 59.2 Å². The van der Waals surface area contributed by atoms with Crippen LogP contribution in [0.2, 0.25) is 0 Å². The zero-order valence-electron chi connectivity index (χ0n) is 20.7. The molecular formula is C27H32N4O4. The molecule has 1 atom stereocenters. The second-order valence-electron chi connectivity index (χ2n) is 8.90. The number of hydrogen-bond donors (Lipinski definition) is 1. The lowest BCUT2D eigenvalue weighted by Crippen LogP contribution is -2.41. The van der Waals surface area contributed by atoms with Gasteiger partial charge in [-0.25, -0.2) is 4.98 Å². The van der Waals surface area contributed by atoms with E-state index in [1.807, 2.05) is 54.1 Å². The van der Waals surface area contributed by atoms with Crippen molar-refractivity contribution in [3.05, 3.63) is 59.8 Å². The van der Waals surface area contributed by atoms with E-state index in [1.54, 1.807) is 7.11 Å². The van der Waals surface area contributed by atoms with Crippen LogP contribution in [0.4, 0.5) is 5.95 Å². The quantitative estimate of drug-likeness (QED) is 0.528. The Hall–Kier alpha value is -3.65. The summed E-state index contributed by atoms with van der Waals surface area (Å²) in [6, 6.07) is 13.7. The van der Waals surface area contributed by atoms with Crippen molar-refractivity contribution in [3.8, 4) is 22.7 Å². The zero-order valence-corrected chi connectivity index (χ0v) is 20.7. The Labute approximate surface area is 205 Å². The van der Waals surface area contributed by atoms with E-state index in [2.05, 4.69) is 18.3 Å². The van der Waals surface area contributed by atoms with Crippen LogP contribution in [0, 0.1) is 13.8 Å². The molecule has 184 valence electrons. The van der Waals surface area contributed by atoms with E-state index in [0.29, 0.717) is 24.8 Å². The predicted octanol–water partition coefficient (Wildman–Crippen LogP) is 4.13. The fraction of sp³-hybridized carbons (Fsp3) is 0.370. The number of carbonyl (C=O) groups is 2. The Morgan fingerprint density at radius 3 is 2.57 bits per heavy atom. The van der Waals surface area contributed by atoms with Crippen molar-refractivity contribution in [1.82, 2.24) is 14.5 Å². The van der Waals surface area contributed by atoms with Gasteiger partial charge in [0.15, 0.2) is 0 Å². The van der Waals surface area contributed by atoms with Crippen LogP contribution in [0.1, 0.15) is 30.9 Å². The van der Waals surface area contributed by atoms with E-state index < -0.39 is 0 Å². The first kappa shape index (κ1) is 24.5. The Morgan fingerprint density at radius 2 is 1.94 bits per heavy atom. The monoisotopic (exact) mass is 476 g/mol. The summed E-state index contributed by atoms with van der Waals surface area (Å²) in [6.07, 6.45) is 3.75. The minimum atomic E-state index is -0.310. The van der Waals surface area contributed by atoms with E-state index in [1.165, 1.54) is 17.4 Å². The third kappa shape index (κ3) is 5.89. The molecule has 2 aromatic carbocycles. The number of anilines is 1. The van der Waals surface area contributed by atoms with Gasteiger partial charge in [0.25, 0.3) is 0 Å². The van der Waals surface area contributed by atoms with Gasteiger partial charge in [0.1, 0.15) is 12.3 Å². The second-order valence-corrected chi connectivity index (χ2v) is 8.90. The fourth-order valence-electron chi connectivity index (χ4n) is 4.12. The number of imidazole rings is 1. The molecule has 4 rings (SSSR count). The molecule has 1 aromatic heterocycles. The van der Waals surface area contributed by atoms with Gasteiger partial charge in [-0.2, -0.15) is 0 Å². The van der Waals surface area contributed by atoms with Crippen molar-refractivity contribution in [1.29, 1.82) is 0 Å². The molecule has 0 spiro atoms. The average molecular weight is 477 g/mol. The van der Waals surface area contributed by atoms with E-state index in [9.17, 15) is 9.59 Å². The molecule has 3 aromatic rings. The smallest absolute Gasteiger partial charge is 0.246 e. The van der Waals surface area contributed by atoms with E-state index in [-0.39, 0.29) is 24.5 Å². The molecule has 1 N–H and O–H groups in total. The van der Waals surface area contributed by atoms with Gasteiger partial charge >= 0.3 is 0 Å². The molecule has 0 radical (unpaired) electrons. The lowest BCUT2D eigenvalue weighted by Gasteiger charge is -2.23. The molecule has 1 fully saturated rings. The maximum atomic E-state index is 13.0. The molecule has 0 saturated carbocycles. The lowest BCUT2D eigenvalue weighted by atomic mass is 10.1. The molecular weight excluding hydrogens is 444 g/mol. The molecule has 1 saturated heterocycles. The lowest BCUT2D eigenvalue weighted by molar-refractivity contribution is -0.134. The Bertz CT molecular complexity index is 1200. The second kappa shape index (κ2) is 10.7. The number of methoxy groups -OCH3 is 1. The first-order valence-corrected chi connectivity index (χ1v) is 11.8. The Morgan fingerprint density at radius 1 is 1.17 bits per heavy atom. The molecule has 1 unspecified atom stereocenters. The third-order valence-electron chi connectivity index (χ3n) is 6.34. The third-order valence-corrected chi connectivity index (χ3v) is 6.34. The maximum Gasteiger partial charge on any atom is 0.246 e. The number of ether oxygens (including phenoxy) is 2. The van der Waals surface area contributed by atoms with Crippen LogP contribution >= 0.6 is 0 Å². The highest BCUT2D eigenvalue weighted by molar-refractivity contribution is 5.93. The topological polar surface area (TPSA) is 85.7 Å². The van der Waals surface area contributed by atoms with Crippen molar-refractivity contribution in [2.24, 2.45) is 0 Å². The molecule has 8 heteroatoms. The molecule has 35 heavy (non-hydrogen) atoms. The Balaban J connectivity index is 1.60. The van der Waals surface area contributed by atoms with Gasteiger partial charge in [0.2, 0.25) is 17.8 Å². The normalized spacial score (nSPS) is 15.1. The highest BCUT2D eigenvalue weighted by Gasteiger charge is 2.23. The fourth-order valence-corrected chi connectivity index (χ4v) is 4.12. The van der Waals surface area contributed by atoms with Gasteiger partial charge in [0.05, 0.1) is 18.9 Å². The summed E-state index contributed by atoms with van der Waals surface area (Å²) < 4.78 is 12.8. The van der Waals surface area contributed by atoms with E-state index in [4.69, 9.17) is 14.5 Å². The summed E-state index contributed by atoms with van der Waals surface area (Å²) in [5.41, 5.74) is 4.81. The number of nitrogens with zero attached hydrogens (tertiary/aromatic N) is 3. The van der Waals surface area contributed by atoms with Gasteiger partial charge in [-0.15, -0.1) is 0 Å². The number of hydrogen-bond acceptors (Lipinski definition) is 5. The first-order chi connectivity index (χ1) is 16.8. The summed E-state index contributed by atoms with van der Waals surface area (Å²) >= 11 is 0. The molecule has 0 aliphatic carbocycles. The van der Waals surface area contributed by atoms with E-state index in [0.717, 1.165) is 35.4 Å². The summed E-state index contributed by atoms with van der Waals surface area (Å²) in [7, 11) is 1.63. The van der Waals surface area contributed by atoms with Crippen molar-refractivity contribution < 1.29 is 19.1 Å². The number of benzene rings is 2. The standard InChI is InChI=1S/C27H32N4O4/c1-18-7-10-22(14-19(18)2)31-16-25(21-8-11-23(34-4)12-9-21)28-27(31)29-26(33)17-30(20(3)32)15-24-6-5-13-35-24/h7-12,14,16,24H,5-6,13,15,17H2,1-4H3,(H,28,29,33). The van der Waals surface area contributed by atoms with Crippen molar-refractivity contribution >= 4 is 17.8 Å². The summed E-state index contributed by atoms with van der Waals surface area (Å²) in [5.74, 6) is 0.679. The number of aromatic nitrogens is 2. The van der Waals surface area contributed by atoms with Crippen LogP contribution in [-0.2, 0) is 14.3 Å². The number of carbonyl (C=O) groups excluding carboxylic acids is 2. The van der Waals surface area contributed by atoms with Crippen molar-refractivity contribution in [2.45, 2.75) is 39.7 Å². The van der Waals surface area contributed by atoms with Gasteiger partial charge in [0, 0.05) is 37.5 Å². The van der Waals surface area contributed by atoms with Gasteiger partial charge in [-0.3, -0.25) is 19.5 Å². The number of aryl methyl sites for hydroxylation is 2. The minimum Gasteiger partial charge on any atom is -0.497 e. The summed E-state index contributed by atoms with van der Waals surface area (Å²) in [5, 5.41) is 2.92. The molecule has 0 bridgehead atoms. The summed E-state index contributed by atoms with van der Waals surface area (Å²) in [4.78, 5) is 31.4.